The van der Waals surface area contributed by atoms with E-state index in [1.807, 2.05) is 6.92 Å². The van der Waals surface area contributed by atoms with Crippen LogP contribution in [-0.4, -0.2) is 29.1 Å². The van der Waals surface area contributed by atoms with E-state index < -0.39 is 0 Å². The van der Waals surface area contributed by atoms with Gasteiger partial charge in [0.05, 0.1) is 0 Å². The second-order valence-corrected chi connectivity index (χ2v) is 5.83. The summed E-state index contributed by atoms with van der Waals surface area (Å²) in [6.07, 6.45) is 4.39. The Labute approximate surface area is 113 Å². The maximum atomic E-state index is 11.7. The first-order valence-corrected chi connectivity index (χ1v) is 7.28. The van der Waals surface area contributed by atoms with E-state index in [-0.39, 0.29) is 5.56 Å². The maximum Gasteiger partial charge on any atom is 0.252 e. The van der Waals surface area contributed by atoms with Crippen molar-refractivity contribution in [1.82, 2.24) is 9.97 Å². The van der Waals surface area contributed by atoms with Gasteiger partial charge in [0.1, 0.15) is 11.6 Å². The molecule has 2 aliphatic rings. The van der Waals surface area contributed by atoms with Gasteiger partial charge in [-0.25, -0.2) is 4.98 Å². The minimum atomic E-state index is -0.0546. The molecule has 0 bridgehead atoms. The summed E-state index contributed by atoms with van der Waals surface area (Å²) in [6, 6.07) is 1.93. The van der Waals surface area contributed by atoms with Gasteiger partial charge >= 0.3 is 0 Å². The summed E-state index contributed by atoms with van der Waals surface area (Å²) in [5, 5.41) is 0. The zero-order chi connectivity index (χ0) is 13.4. The lowest BCUT2D eigenvalue weighted by atomic mass is 9.78. The van der Waals surface area contributed by atoms with Gasteiger partial charge in [0, 0.05) is 31.6 Å². The van der Waals surface area contributed by atoms with Crippen LogP contribution in [-0.2, 0) is 6.42 Å². The molecule has 1 aliphatic carbocycles. The number of aryl methyl sites for hydroxylation is 1. The third-order valence-corrected chi connectivity index (χ3v) is 4.59. The van der Waals surface area contributed by atoms with E-state index >= 15 is 0 Å². The number of aromatic amines is 1. The van der Waals surface area contributed by atoms with Gasteiger partial charge in [-0.05, 0) is 24.7 Å². The van der Waals surface area contributed by atoms with Crippen LogP contribution in [0.15, 0.2) is 10.9 Å². The van der Waals surface area contributed by atoms with Gasteiger partial charge < -0.3 is 15.6 Å². The second-order valence-electron chi connectivity index (χ2n) is 5.83. The molecule has 2 fully saturated rings. The molecular formula is C14H22N4O. The summed E-state index contributed by atoms with van der Waals surface area (Å²) in [5.41, 5.74) is 6.18. The molecule has 0 radical (unpaired) electrons. The SMILES string of the molecule is CCc1nc(N2CC3CCCC(N)C3C2)cc(=O)[nH]1. The highest BCUT2D eigenvalue weighted by molar-refractivity contribution is 5.39. The second kappa shape index (κ2) is 4.96. The zero-order valence-corrected chi connectivity index (χ0v) is 11.4. The first kappa shape index (κ1) is 12.7. The molecule has 0 spiro atoms. The molecule has 0 aromatic carbocycles. The van der Waals surface area contributed by atoms with Gasteiger partial charge in [0.15, 0.2) is 0 Å². The van der Waals surface area contributed by atoms with E-state index in [4.69, 9.17) is 5.73 Å². The summed E-state index contributed by atoms with van der Waals surface area (Å²) >= 11 is 0. The fourth-order valence-electron chi connectivity index (χ4n) is 3.53. The average molecular weight is 262 g/mol. The minimum Gasteiger partial charge on any atom is -0.356 e. The van der Waals surface area contributed by atoms with Gasteiger partial charge in [-0.2, -0.15) is 0 Å². The molecule has 1 aromatic rings. The number of rotatable bonds is 2. The Morgan fingerprint density at radius 1 is 1.47 bits per heavy atom. The van der Waals surface area contributed by atoms with Crippen molar-refractivity contribution in [1.29, 1.82) is 0 Å². The van der Waals surface area contributed by atoms with Crippen LogP contribution in [0.1, 0.15) is 32.0 Å². The van der Waals surface area contributed by atoms with Crippen molar-refractivity contribution in [2.24, 2.45) is 17.6 Å². The number of nitrogens with zero attached hydrogens (tertiary/aromatic N) is 2. The van der Waals surface area contributed by atoms with Gasteiger partial charge in [0.2, 0.25) is 0 Å². The van der Waals surface area contributed by atoms with Crippen LogP contribution in [0.2, 0.25) is 0 Å². The van der Waals surface area contributed by atoms with Gasteiger partial charge in [0.25, 0.3) is 5.56 Å². The van der Waals surface area contributed by atoms with Crippen LogP contribution < -0.4 is 16.2 Å². The summed E-state index contributed by atoms with van der Waals surface area (Å²) < 4.78 is 0. The first-order chi connectivity index (χ1) is 9.17. The van der Waals surface area contributed by atoms with E-state index in [9.17, 15) is 4.79 Å². The lowest BCUT2D eigenvalue weighted by molar-refractivity contribution is 0.260. The number of nitrogens with two attached hydrogens (primary N) is 1. The highest BCUT2D eigenvalue weighted by atomic mass is 16.1. The standard InChI is InChI=1S/C14H22N4O/c1-2-12-16-13(6-14(19)17-12)18-7-9-4-3-5-11(15)10(9)8-18/h6,9-11H,2-5,7-8,15H2,1H3,(H,16,17,19). The molecule has 1 aliphatic heterocycles. The lowest BCUT2D eigenvalue weighted by Gasteiger charge is -2.29. The van der Waals surface area contributed by atoms with E-state index in [2.05, 4.69) is 14.9 Å². The topological polar surface area (TPSA) is 75.0 Å². The smallest absolute Gasteiger partial charge is 0.252 e. The molecule has 0 amide bonds. The van der Waals surface area contributed by atoms with Crippen molar-refractivity contribution < 1.29 is 0 Å². The minimum absolute atomic E-state index is 0.0546. The van der Waals surface area contributed by atoms with E-state index in [0.29, 0.717) is 17.9 Å². The number of fused-ring (bicyclic) bond motifs is 1. The highest BCUT2D eigenvalue weighted by Crippen LogP contribution is 2.36. The molecule has 3 rings (SSSR count). The first-order valence-electron chi connectivity index (χ1n) is 7.28. The van der Waals surface area contributed by atoms with Gasteiger partial charge in [-0.1, -0.05) is 13.3 Å². The third kappa shape index (κ3) is 2.39. The summed E-state index contributed by atoms with van der Waals surface area (Å²) in [5.74, 6) is 2.83. The van der Waals surface area contributed by atoms with Crippen LogP contribution in [0.5, 0.6) is 0 Å². The molecule has 1 saturated carbocycles. The van der Waals surface area contributed by atoms with Crippen molar-refractivity contribution in [3.8, 4) is 0 Å². The average Bonchev–Trinajstić information content (AvgIpc) is 2.83. The van der Waals surface area contributed by atoms with Crippen molar-refractivity contribution in [2.45, 2.75) is 38.6 Å². The molecule has 1 saturated heterocycles. The van der Waals surface area contributed by atoms with Crippen molar-refractivity contribution in [3.63, 3.8) is 0 Å². The van der Waals surface area contributed by atoms with Crippen LogP contribution in [0.3, 0.4) is 0 Å². The molecule has 104 valence electrons. The molecule has 3 unspecified atom stereocenters. The van der Waals surface area contributed by atoms with Gasteiger partial charge in [-0.15, -0.1) is 0 Å². The van der Waals surface area contributed by atoms with Crippen LogP contribution >= 0.6 is 0 Å². The number of H-pyrrole nitrogens is 1. The summed E-state index contributed by atoms with van der Waals surface area (Å²) in [4.78, 5) is 21.2. The van der Waals surface area contributed by atoms with Crippen LogP contribution in [0.25, 0.3) is 0 Å². The van der Waals surface area contributed by atoms with E-state index in [1.54, 1.807) is 6.07 Å². The predicted molar refractivity (Wildman–Crippen MR) is 75.3 cm³/mol. The highest BCUT2D eigenvalue weighted by Gasteiger charge is 2.39. The Hall–Kier alpha value is -1.36. The maximum absolute atomic E-state index is 11.7. The molecule has 5 nitrogen and oxygen atoms in total. The molecular weight excluding hydrogens is 240 g/mol. The molecule has 19 heavy (non-hydrogen) atoms. The predicted octanol–water partition coefficient (Wildman–Crippen LogP) is 0.896. The normalized spacial score (nSPS) is 30.4. The lowest BCUT2D eigenvalue weighted by Crippen LogP contribution is -2.38. The fourth-order valence-corrected chi connectivity index (χ4v) is 3.53. The molecule has 5 heteroatoms. The number of nitrogens with one attached hydrogen (secondary N) is 1. The Morgan fingerprint density at radius 2 is 2.32 bits per heavy atom. The Bertz CT molecular complexity index is 512. The number of hydrogen-bond donors (Lipinski definition) is 2. The van der Waals surface area contributed by atoms with E-state index in [1.165, 1.54) is 12.8 Å². The summed E-state index contributed by atoms with van der Waals surface area (Å²) in [6.45, 7) is 3.95. The van der Waals surface area contributed by atoms with Crippen LogP contribution in [0, 0.1) is 11.8 Å². The quantitative estimate of drug-likeness (QED) is 0.830. The number of anilines is 1. The molecule has 2 heterocycles. The van der Waals surface area contributed by atoms with Crippen molar-refractivity contribution >= 4 is 5.82 Å². The van der Waals surface area contributed by atoms with Crippen LogP contribution in [0.4, 0.5) is 5.82 Å². The fraction of sp³-hybridized carbons (Fsp3) is 0.714. The monoisotopic (exact) mass is 262 g/mol. The molecule has 3 N–H and O–H groups in total. The van der Waals surface area contributed by atoms with E-state index in [0.717, 1.165) is 37.6 Å². The zero-order valence-electron chi connectivity index (χ0n) is 11.4. The van der Waals surface area contributed by atoms with Gasteiger partial charge in [-0.3, -0.25) is 4.79 Å². The summed E-state index contributed by atoms with van der Waals surface area (Å²) in [7, 11) is 0. The van der Waals surface area contributed by atoms with Crippen molar-refractivity contribution in [3.05, 3.63) is 22.2 Å². The third-order valence-electron chi connectivity index (χ3n) is 4.59. The van der Waals surface area contributed by atoms with Crippen molar-refractivity contribution in [2.75, 3.05) is 18.0 Å². The molecule has 3 atom stereocenters. The Balaban J connectivity index is 1.84. The number of hydrogen-bond acceptors (Lipinski definition) is 4. The largest absolute Gasteiger partial charge is 0.356 e. The Morgan fingerprint density at radius 3 is 3.05 bits per heavy atom. The Kier molecular flexibility index (Phi) is 3.31. The number of aromatic nitrogens is 2. The molecule has 1 aromatic heterocycles.